The number of hydrogen-bond donors (Lipinski definition) is 1. The van der Waals surface area contributed by atoms with Crippen LogP contribution >= 0.6 is 46.9 Å². The minimum Gasteiger partial charge on any atom is -0.302 e. The van der Waals surface area contributed by atoms with Crippen molar-refractivity contribution >= 4 is 74.3 Å². The predicted octanol–water partition coefficient (Wildman–Crippen LogP) is 4.33. The highest BCUT2D eigenvalue weighted by Gasteiger charge is 2.32. The molecule has 1 saturated heterocycles. The van der Waals surface area contributed by atoms with Gasteiger partial charge in [-0.2, -0.15) is 0 Å². The number of thiazole rings is 1. The van der Waals surface area contributed by atoms with Crippen LogP contribution in [0.4, 0.5) is 5.13 Å². The van der Waals surface area contributed by atoms with Crippen molar-refractivity contribution in [2.24, 2.45) is 0 Å². The molecule has 1 aliphatic heterocycles. The molecule has 0 radical (unpaired) electrons. The molecule has 0 aliphatic carbocycles. The quantitative estimate of drug-likeness (QED) is 0.572. The van der Waals surface area contributed by atoms with Gasteiger partial charge in [0.15, 0.2) is 5.13 Å². The second kappa shape index (κ2) is 8.30. The molecule has 2 amide bonds. The fourth-order valence-electron chi connectivity index (χ4n) is 2.23. The first-order chi connectivity index (χ1) is 12.4. The zero-order valence-corrected chi connectivity index (χ0v) is 16.9. The number of aromatic nitrogens is 1. The number of hydrogen-bond acceptors (Lipinski definition) is 6. The summed E-state index contributed by atoms with van der Waals surface area (Å²) in [5.41, 5.74) is 1.61. The Hall–Kier alpha value is -1.74. The van der Waals surface area contributed by atoms with Gasteiger partial charge >= 0.3 is 0 Å². The molecule has 0 unspecified atom stereocenters. The fraction of sp³-hybridized carbons (Fsp3) is 0.176. The van der Waals surface area contributed by atoms with Crippen molar-refractivity contribution in [2.45, 2.75) is 13.3 Å². The first kappa shape index (κ1) is 19.0. The van der Waals surface area contributed by atoms with Crippen LogP contribution < -0.4 is 5.32 Å². The topological polar surface area (TPSA) is 62.3 Å². The Morgan fingerprint density at radius 2 is 2.19 bits per heavy atom. The van der Waals surface area contributed by atoms with Gasteiger partial charge < -0.3 is 5.32 Å². The number of carbonyl (C=O) groups excluding carboxylic acids is 2. The summed E-state index contributed by atoms with van der Waals surface area (Å²) in [6.07, 6.45) is 1.87. The van der Waals surface area contributed by atoms with E-state index in [0.717, 1.165) is 11.3 Å². The maximum atomic E-state index is 12.6. The van der Waals surface area contributed by atoms with Crippen LogP contribution in [0, 0.1) is 6.92 Å². The number of amides is 2. The average Bonchev–Trinajstić information content (AvgIpc) is 3.11. The molecule has 0 spiro atoms. The summed E-state index contributed by atoms with van der Waals surface area (Å²) in [4.78, 5) is 30.7. The van der Waals surface area contributed by atoms with Crippen LogP contribution in [-0.4, -0.2) is 32.6 Å². The van der Waals surface area contributed by atoms with E-state index in [1.807, 2.05) is 30.5 Å². The Morgan fingerprint density at radius 1 is 1.42 bits per heavy atom. The first-order valence-corrected chi connectivity index (χ1v) is 10.1. The van der Waals surface area contributed by atoms with Gasteiger partial charge in [-0.3, -0.25) is 14.5 Å². The Kier molecular flexibility index (Phi) is 6.08. The summed E-state index contributed by atoms with van der Waals surface area (Å²) < 4.78 is 0.436. The van der Waals surface area contributed by atoms with E-state index in [1.165, 1.54) is 28.0 Å². The van der Waals surface area contributed by atoms with E-state index in [0.29, 0.717) is 19.4 Å². The largest absolute Gasteiger partial charge is 0.302 e. The van der Waals surface area contributed by atoms with Crippen LogP contribution in [0.5, 0.6) is 0 Å². The normalized spacial score (nSPS) is 15.8. The van der Waals surface area contributed by atoms with E-state index >= 15 is 0 Å². The number of benzene rings is 1. The van der Waals surface area contributed by atoms with Gasteiger partial charge in [-0.1, -0.05) is 53.8 Å². The van der Waals surface area contributed by atoms with Gasteiger partial charge in [0.05, 0.1) is 10.6 Å². The van der Waals surface area contributed by atoms with Gasteiger partial charge in [0.25, 0.3) is 5.91 Å². The molecule has 3 rings (SSSR count). The summed E-state index contributed by atoms with van der Waals surface area (Å²) in [5.74, 6) is -0.415. The number of carbonyl (C=O) groups is 2. The Balaban J connectivity index is 1.62. The minimum absolute atomic E-state index is 0.143. The van der Waals surface area contributed by atoms with Crippen molar-refractivity contribution < 1.29 is 9.59 Å². The number of aryl methyl sites for hydroxylation is 1. The number of rotatable bonds is 5. The molecule has 2 aromatic rings. The van der Waals surface area contributed by atoms with E-state index in [4.69, 9.17) is 23.8 Å². The lowest BCUT2D eigenvalue weighted by Gasteiger charge is -2.13. The third-order valence-electron chi connectivity index (χ3n) is 3.49. The highest BCUT2D eigenvalue weighted by atomic mass is 35.5. The summed E-state index contributed by atoms with van der Waals surface area (Å²) in [6, 6.07) is 7.27. The van der Waals surface area contributed by atoms with E-state index in [-0.39, 0.29) is 24.8 Å². The molecule has 1 fully saturated rings. The number of nitrogens with zero attached hydrogens (tertiary/aromatic N) is 2. The summed E-state index contributed by atoms with van der Waals surface area (Å²) in [6.45, 7) is 2.08. The lowest BCUT2D eigenvalue weighted by atomic mass is 10.2. The third-order valence-corrected chi connectivity index (χ3v) is 6.09. The number of nitrogens with one attached hydrogen (secondary N) is 1. The molecule has 26 heavy (non-hydrogen) atoms. The number of anilines is 1. The number of halogens is 1. The van der Waals surface area contributed by atoms with E-state index in [1.54, 1.807) is 12.1 Å². The number of thiocarbonyl (C=S) groups is 1. The molecule has 2 heterocycles. The third kappa shape index (κ3) is 4.50. The second-order valence-corrected chi connectivity index (χ2v) is 8.39. The fourth-order valence-corrected chi connectivity index (χ4v) is 4.43. The molecule has 1 aromatic carbocycles. The van der Waals surface area contributed by atoms with E-state index < -0.39 is 0 Å². The maximum Gasteiger partial charge on any atom is 0.266 e. The van der Waals surface area contributed by atoms with Gasteiger partial charge in [0, 0.05) is 23.4 Å². The standard InChI is InChI=1S/C17H14ClN3O2S3/c1-10-9-25-16(19-10)20-14(22)6-7-21-15(23)13(26-17(21)24)8-11-4-2-3-5-12(11)18/h2-5,8-9H,6-7H2,1H3,(H,19,20,22). The van der Waals surface area contributed by atoms with Crippen LogP contribution in [0.15, 0.2) is 34.6 Å². The van der Waals surface area contributed by atoms with Crippen LogP contribution in [0.3, 0.4) is 0 Å². The molecule has 9 heteroatoms. The van der Waals surface area contributed by atoms with E-state index in [2.05, 4.69) is 10.3 Å². The van der Waals surface area contributed by atoms with Crippen molar-refractivity contribution in [3.8, 4) is 0 Å². The predicted molar refractivity (Wildman–Crippen MR) is 111 cm³/mol. The Labute approximate surface area is 169 Å². The smallest absolute Gasteiger partial charge is 0.266 e. The highest BCUT2D eigenvalue weighted by molar-refractivity contribution is 8.26. The molecule has 5 nitrogen and oxygen atoms in total. The lowest BCUT2D eigenvalue weighted by molar-refractivity contribution is -0.122. The van der Waals surface area contributed by atoms with Crippen molar-refractivity contribution in [1.82, 2.24) is 9.88 Å². The van der Waals surface area contributed by atoms with Crippen LogP contribution in [0.2, 0.25) is 5.02 Å². The SMILES string of the molecule is Cc1csc(NC(=O)CCN2C(=O)C(=Cc3ccccc3Cl)SC2=S)n1. The van der Waals surface area contributed by atoms with Crippen molar-refractivity contribution in [3.63, 3.8) is 0 Å². The molecule has 1 aliphatic rings. The monoisotopic (exact) mass is 423 g/mol. The van der Waals surface area contributed by atoms with Gasteiger partial charge in [-0.15, -0.1) is 11.3 Å². The minimum atomic E-state index is -0.210. The molecule has 1 aromatic heterocycles. The molecular weight excluding hydrogens is 410 g/mol. The van der Waals surface area contributed by atoms with Crippen molar-refractivity contribution in [2.75, 3.05) is 11.9 Å². The summed E-state index contributed by atoms with van der Waals surface area (Å²) in [7, 11) is 0. The molecule has 0 bridgehead atoms. The molecule has 0 saturated carbocycles. The highest BCUT2D eigenvalue weighted by Crippen LogP contribution is 2.33. The Morgan fingerprint density at radius 3 is 2.88 bits per heavy atom. The first-order valence-electron chi connectivity index (χ1n) is 7.66. The van der Waals surface area contributed by atoms with Crippen LogP contribution in [-0.2, 0) is 9.59 Å². The van der Waals surface area contributed by atoms with Crippen LogP contribution in [0.25, 0.3) is 6.08 Å². The van der Waals surface area contributed by atoms with Gasteiger partial charge in [-0.05, 0) is 24.6 Å². The average molecular weight is 424 g/mol. The zero-order valence-electron chi connectivity index (χ0n) is 13.7. The van der Waals surface area contributed by atoms with Crippen molar-refractivity contribution in [3.05, 3.63) is 50.8 Å². The van der Waals surface area contributed by atoms with Gasteiger partial charge in [0.1, 0.15) is 4.32 Å². The zero-order chi connectivity index (χ0) is 18.7. The van der Waals surface area contributed by atoms with Gasteiger partial charge in [-0.25, -0.2) is 4.98 Å². The maximum absolute atomic E-state index is 12.6. The lowest BCUT2D eigenvalue weighted by Crippen LogP contribution is -2.31. The van der Waals surface area contributed by atoms with Gasteiger partial charge in [0.2, 0.25) is 5.91 Å². The Bertz CT molecular complexity index is 910. The van der Waals surface area contributed by atoms with Crippen LogP contribution in [0.1, 0.15) is 17.7 Å². The summed E-state index contributed by atoms with van der Waals surface area (Å²) >= 11 is 14.0. The molecule has 1 N–H and O–H groups in total. The van der Waals surface area contributed by atoms with Crippen molar-refractivity contribution in [1.29, 1.82) is 0 Å². The summed E-state index contributed by atoms with van der Waals surface area (Å²) in [5, 5.41) is 5.70. The molecule has 134 valence electrons. The molecule has 0 atom stereocenters. The second-order valence-electron chi connectivity index (χ2n) is 5.45. The molecular formula is C17H14ClN3O2S3. The number of thioether (sulfide) groups is 1. The van der Waals surface area contributed by atoms with E-state index in [9.17, 15) is 9.59 Å².